The lowest BCUT2D eigenvalue weighted by molar-refractivity contribution is 0.123. The third kappa shape index (κ3) is 4.40. The molecule has 0 spiro atoms. The number of hydrogen-bond acceptors (Lipinski definition) is 2. The van der Waals surface area contributed by atoms with E-state index in [9.17, 15) is 4.79 Å². The molecule has 1 N–H and O–H groups in total. The van der Waals surface area contributed by atoms with Gasteiger partial charge in [-0.2, -0.15) is 0 Å². The molecule has 0 aromatic carbocycles. The van der Waals surface area contributed by atoms with Gasteiger partial charge in [-0.3, -0.25) is 0 Å². The van der Waals surface area contributed by atoms with E-state index >= 15 is 0 Å². The molecule has 1 saturated carbocycles. The van der Waals surface area contributed by atoms with E-state index in [-0.39, 0.29) is 6.03 Å². The molecule has 2 saturated heterocycles. The number of urea groups is 1. The molecule has 0 bridgehead atoms. The quantitative estimate of drug-likeness (QED) is 0.847. The van der Waals surface area contributed by atoms with Crippen LogP contribution in [-0.2, 0) is 0 Å². The fourth-order valence-corrected chi connectivity index (χ4v) is 5.00. The summed E-state index contributed by atoms with van der Waals surface area (Å²) in [6, 6.07) is 0.545. The Hall–Kier alpha value is -0.770. The molecular formula is C19H35N3O. The number of nitrogens with zero attached hydrogens (tertiary/aromatic N) is 2. The first-order valence-corrected chi connectivity index (χ1v) is 9.87. The molecule has 2 aliphatic heterocycles. The molecule has 3 rings (SSSR count). The average molecular weight is 322 g/mol. The Morgan fingerprint density at radius 2 is 1.57 bits per heavy atom. The molecule has 4 heteroatoms. The standard InChI is InChI=1S/C19H35N3O/c1-15-14-21(2)11-10-18(15)20-19(23)22-12-8-17(9-13-22)16-6-4-3-5-7-16/h15-18H,3-14H2,1-2H3,(H,20,23). The van der Waals surface area contributed by atoms with Crippen molar-refractivity contribution in [3.8, 4) is 0 Å². The van der Waals surface area contributed by atoms with Gasteiger partial charge < -0.3 is 15.1 Å². The van der Waals surface area contributed by atoms with E-state index in [0.29, 0.717) is 12.0 Å². The van der Waals surface area contributed by atoms with Crippen molar-refractivity contribution in [2.45, 2.75) is 64.3 Å². The predicted octanol–water partition coefficient (Wildman–Crippen LogP) is 3.33. The van der Waals surface area contributed by atoms with Crippen LogP contribution in [0.25, 0.3) is 0 Å². The average Bonchev–Trinajstić information content (AvgIpc) is 2.58. The fraction of sp³-hybridized carbons (Fsp3) is 0.947. The van der Waals surface area contributed by atoms with E-state index in [1.807, 2.05) is 0 Å². The summed E-state index contributed by atoms with van der Waals surface area (Å²) in [5.74, 6) is 2.38. The molecule has 0 aromatic rings. The molecule has 4 nitrogen and oxygen atoms in total. The normalized spacial score (nSPS) is 32.0. The van der Waals surface area contributed by atoms with Crippen LogP contribution in [-0.4, -0.2) is 55.1 Å². The molecule has 2 heterocycles. The molecular weight excluding hydrogens is 286 g/mol. The van der Waals surface area contributed by atoms with Crippen molar-refractivity contribution < 1.29 is 4.79 Å². The van der Waals surface area contributed by atoms with Crippen LogP contribution in [0.5, 0.6) is 0 Å². The number of rotatable bonds is 2. The zero-order chi connectivity index (χ0) is 16.2. The van der Waals surface area contributed by atoms with Gasteiger partial charge in [0.25, 0.3) is 0 Å². The maximum Gasteiger partial charge on any atom is 0.317 e. The zero-order valence-corrected chi connectivity index (χ0v) is 15.1. The van der Waals surface area contributed by atoms with E-state index in [1.165, 1.54) is 44.9 Å². The summed E-state index contributed by atoms with van der Waals surface area (Å²) >= 11 is 0. The van der Waals surface area contributed by atoms with E-state index in [1.54, 1.807) is 0 Å². The summed E-state index contributed by atoms with van der Waals surface area (Å²) in [6.45, 7) is 6.38. The smallest absolute Gasteiger partial charge is 0.317 e. The van der Waals surface area contributed by atoms with Gasteiger partial charge >= 0.3 is 6.03 Å². The van der Waals surface area contributed by atoms with E-state index < -0.39 is 0 Å². The summed E-state index contributed by atoms with van der Waals surface area (Å²) < 4.78 is 0. The first-order chi connectivity index (χ1) is 11.1. The number of likely N-dealkylation sites (tertiary alicyclic amines) is 2. The van der Waals surface area contributed by atoms with Crippen molar-refractivity contribution in [2.75, 3.05) is 33.2 Å². The third-order valence-corrected chi connectivity index (χ3v) is 6.56. The Morgan fingerprint density at radius 1 is 0.913 bits per heavy atom. The van der Waals surface area contributed by atoms with Gasteiger partial charge in [-0.25, -0.2) is 4.79 Å². The molecule has 2 amide bonds. The number of amides is 2. The van der Waals surface area contributed by atoms with Gasteiger partial charge in [0.05, 0.1) is 0 Å². The van der Waals surface area contributed by atoms with Crippen LogP contribution in [0.2, 0.25) is 0 Å². The van der Waals surface area contributed by atoms with Gasteiger partial charge in [0.2, 0.25) is 0 Å². The lowest BCUT2D eigenvalue weighted by Gasteiger charge is -2.40. The molecule has 0 aromatic heterocycles. The number of hydrogen-bond donors (Lipinski definition) is 1. The van der Waals surface area contributed by atoms with Gasteiger partial charge in [0.1, 0.15) is 0 Å². The monoisotopic (exact) mass is 321 g/mol. The summed E-state index contributed by atoms with van der Waals surface area (Å²) in [7, 11) is 2.17. The molecule has 2 unspecified atom stereocenters. The number of carbonyl (C=O) groups excluding carboxylic acids is 1. The number of carbonyl (C=O) groups is 1. The van der Waals surface area contributed by atoms with E-state index in [2.05, 4.69) is 29.1 Å². The van der Waals surface area contributed by atoms with Crippen molar-refractivity contribution in [1.82, 2.24) is 15.1 Å². The highest BCUT2D eigenvalue weighted by molar-refractivity contribution is 5.74. The maximum atomic E-state index is 12.6. The molecule has 23 heavy (non-hydrogen) atoms. The minimum atomic E-state index is 0.188. The largest absolute Gasteiger partial charge is 0.335 e. The Bertz CT molecular complexity index is 386. The van der Waals surface area contributed by atoms with Gasteiger partial charge in [-0.15, -0.1) is 0 Å². The fourth-order valence-electron chi connectivity index (χ4n) is 5.00. The number of nitrogens with one attached hydrogen (secondary N) is 1. The highest BCUT2D eigenvalue weighted by atomic mass is 16.2. The first-order valence-electron chi connectivity index (χ1n) is 9.87. The first kappa shape index (κ1) is 17.1. The minimum absolute atomic E-state index is 0.188. The lowest BCUT2D eigenvalue weighted by Crippen LogP contribution is -2.53. The van der Waals surface area contributed by atoms with Crippen LogP contribution in [0.4, 0.5) is 4.79 Å². The Kier molecular flexibility index (Phi) is 5.84. The minimum Gasteiger partial charge on any atom is -0.335 e. The second-order valence-corrected chi connectivity index (χ2v) is 8.31. The second kappa shape index (κ2) is 7.87. The van der Waals surface area contributed by atoms with Crippen molar-refractivity contribution in [2.24, 2.45) is 17.8 Å². The van der Waals surface area contributed by atoms with Crippen molar-refractivity contribution >= 4 is 6.03 Å². The maximum absolute atomic E-state index is 12.6. The SMILES string of the molecule is CC1CN(C)CCC1NC(=O)N1CCC(C2CCCCC2)CC1. The molecule has 2 atom stereocenters. The molecule has 3 fully saturated rings. The van der Waals surface area contributed by atoms with Crippen molar-refractivity contribution in [3.63, 3.8) is 0 Å². The van der Waals surface area contributed by atoms with Crippen LogP contribution in [0.3, 0.4) is 0 Å². The summed E-state index contributed by atoms with van der Waals surface area (Å²) in [5, 5.41) is 3.31. The molecule has 3 aliphatic rings. The van der Waals surface area contributed by atoms with Crippen LogP contribution >= 0.6 is 0 Å². The summed E-state index contributed by atoms with van der Waals surface area (Å²) in [4.78, 5) is 17.0. The highest BCUT2D eigenvalue weighted by Crippen LogP contribution is 2.35. The van der Waals surface area contributed by atoms with Crippen LogP contribution in [0, 0.1) is 17.8 Å². The second-order valence-electron chi connectivity index (χ2n) is 8.31. The van der Waals surface area contributed by atoms with Gasteiger partial charge in [0.15, 0.2) is 0 Å². The highest BCUT2D eigenvalue weighted by Gasteiger charge is 2.31. The van der Waals surface area contributed by atoms with Crippen molar-refractivity contribution in [1.29, 1.82) is 0 Å². The van der Waals surface area contributed by atoms with E-state index in [4.69, 9.17) is 0 Å². The predicted molar refractivity (Wildman–Crippen MR) is 94.5 cm³/mol. The van der Waals surface area contributed by atoms with Gasteiger partial charge in [-0.1, -0.05) is 39.0 Å². The Labute approximate surface area is 142 Å². The Balaban J connectivity index is 1.43. The van der Waals surface area contributed by atoms with Crippen LogP contribution in [0.1, 0.15) is 58.3 Å². The molecule has 0 radical (unpaired) electrons. The topological polar surface area (TPSA) is 35.6 Å². The lowest BCUT2D eigenvalue weighted by atomic mass is 9.76. The zero-order valence-electron chi connectivity index (χ0n) is 15.1. The summed E-state index contributed by atoms with van der Waals surface area (Å²) in [6.07, 6.45) is 10.7. The Morgan fingerprint density at radius 3 is 2.22 bits per heavy atom. The molecule has 1 aliphatic carbocycles. The van der Waals surface area contributed by atoms with Gasteiger partial charge in [-0.05, 0) is 50.6 Å². The summed E-state index contributed by atoms with van der Waals surface area (Å²) in [5.41, 5.74) is 0. The van der Waals surface area contributed by atoms with Crippen LogP contribution in [0.15, 0.2) is 0 Å². The van der Waals surface area contributed by atoms with Gasteiger partial charge in [0, 0.05) is 25.7 Å². The van der Waals surface area contributed by atoms with Crippen LogP contribution < -0.4 is 5.32 Å². The van der Waals surface area contributed by atoms with Crippen molar-refractivity contribution in [3.05, 3.63) is 0 Å². The number of piperidine rings is 2. The molecule has 132 valence electrons. The van der Waals surface area contributed by atoms with E-state index in [0.717, 1.165) is 44.4 Å². The third-order valence-electron chi connectivity index (χ3n) is 6.56.